The van der Waals surface area contributed by atoms with E-state index in [1.807, 2.05) is 6.07 Å². The third-order valence-electron chi connectivity index (χ3n) is 1.30. The molecule has 0 aliphatic carbocycles. The lowest BCUT2D eigenvalue weighted by atomic mass is 10.2. The van der Waals surface area contributed by atoms with Gasteiger partial charge in [0.15, 0.2) is 0 Å². The maximum atomic E-state index is 13.0. The minimum atomic E-state index is -1.29. The summed E-state index contributed by atoms with van der Waals surface area (Å²) in [7, 11) is 0. The summed E-state index contributed by atoms with van der Waals surface area (Å²) in [5.74, 6) is 0. The Morgan fingerprint density at radius 3 is 2.83 bits per heavy atom. The van der Waals surface area contributed by atoms with Crippen LogP contribution in [0.1, 0.15) is 19.4 Å². The first-order valence-electron chi connectivity index (χ1n) is 3.63. The Morgan fingerprint density at radius 2 is 2.42 bits per heavy atom. The van der Waals surface area contributed by atoms with Crippen molar-refractivity contribution >= 4 is 0 Å². The van der Waals surface area contributed by atoms with E-state index in [1.165, 1.54) is 30.9 Å². The Balaban J connectivity index is 2.72. The lowest BCUT2D eigenvalue weighted by Gasteiger charge is -2.12. The van der Waals surface area contributed by atoms with Crippen LogP contribution in [0.5, 0.6) is 0 Å². The Labute approximate surface area is 70.4 Å². The zero-order valence-corrected chi connectivity index (χ0v) is 7.08. The predicted octanol–water partition coefficient (Wildman–Crippen LogP) is 1.50. The molecule has 0 fully saturated rings. The SMILES string of the molecule is CC(C)(F)Cn1cc(C#N)cn1. The molecule has 0 aliphatic rings. The molecule has 64 valence electrons. The molecular weight excluding hydrogens is 157 g/mol. The number of nitrogens with zero attached hydrogens (tertiary/aromatic N) is 3. The van der Waals surface area contributed by atoms with Gasteiger partial charge in [-0.3, -0.25) is 4.68 Å². The van der Waals surface area contributed by atoms with Gasteiger partial charge in [-0.05, 0) is 13.8 Å². The van der Waals surface area contributed by atoms with E-state index in [9.17, 15) is 4.39 Å². The fraction of sp³-hybridized carbons (Fsp3) is 0.500. The second-order valence-corrected chi connectivity index (χ2v) is 3.26. The molecule has 0 spiro atoms. The third-order valence-corrected chi connectivity index (χ3v) is 1.30. The van der Waals surface area contributed by atoms with Crippen molar-refractivity contribution in [1.82, 2.24) is 9.78 Å². The molecule has 0 atom stereocenters. The van der Waals surface area contributed by atoms with Gasteiger partial charge < -0.3 is 0 Å². The summed E-state index contributed by atoms with van der Waals surface area (Å²) < 4.78 is 14.5. The molecule has 0 unspecified atom stereocenters. The Morgan fingerprint density at radius 1 is 1.75 bits per heavy atom. The number of rotatable bonds is 2. The normalized spacial score (nSPS) is 11.2. The highest BCUT2D eigenvalue weighted by molar-refractivity contribution is 5.21. The molecule has 0 saturated carbocycles. The van der Waals surface area contributed by atoms with Crippen LogP contribution in [-0.2, 0) is 6.54 Å². The van der Waals surface area contributed by atoms with Gasteiger partial charge in [-0.15, -0.1) is 0 Å². The molecule has 0 amide bonds. The van der Waals surface area contributed by atoms with Gasteiger partial charge >= 0.3 is 0 Å². The number of halogens is 1. The van der Waals surface area contributed by atoms with Gasteiger partial charge in [-0.25, -0.2) is 4.39 Å². The summed E-state index contributed by atoms with van der Waals surface area (Å²) in [5.41, 5.74) is -0.835. The van der Waals surface area contributed by atoms with Crippen molar-refractivity contribution in [2.45, 2.75) is 26.1 Å². The highest BCUT2D eigenvalue weighted by Crippen LogP contribution is 2.11. The number of nitriles is 1. The summed E-state index contributed by atoms with van der Waals surface area (Å²) in [6, 6.07) is 1.93. The zero-order chi connectivity index (χ0) is 9.19. The van der Waals surface area contributed by atoms with E-state index in [1.54, 1.807) is 0 Å². The molecule has 0 aromatic carbocycles. The molecular formula is C8H10FN3. The lowest BCUT2D eigenvalue weighted by Crippen LogP contribution is -2.21. The van der Waals surface area contributed by atoms with Gasteiger partial charge in [0.2, 0.25) is 0 Å². The Kier molecular flexibility index (Phi) is 2.13. The molecule has 0 saturated heterocycles. The lowest BCUT2D eigenvalue weighted by molar-refractivity contribution is 0.179. The maximum absolute atomic E-state index is 13.0. The fourth-order valence-electron chi connectivity index (χ4n) is 0.893. The topological polar surface area (TPSA) is 41.6 Å². The highest BCUT2D eigenvalue weighted by atomic mass is 19.1. The molecule has 0 radical (unpaired) electrons. The van der Waals surface area contributed by atoms with E-state index < -0.39 is 5.67 Å². The molecule has 1 aromatic heterocycles. The summed E-state index contributed by atoms with van der Waals surface area (Å²) in [6.07, 6.45) is 2.95. The quantitative estimate of drug-likeness (QED) is 0.669. The van der Waals surface area contributed by atoms with Gasteiger partial charge in [-0.2, -0.15) is 10.4 Å². The smallest absolute Gasteiger partial charge is 0.124 e. The van der Waals surface area contributed by atoms with Crippen LogP contribution >= 0.6 is 0 Å². The van der Waals surface area contributed by atoms with Crippen molar-refractivity contribution in [3.63, 3.8) is 0 Å². The van der Waals surface area contributed by atoms with Crippen LogP contribution in [-0.4, -0.2) is 15.4 Å². The Hall–Kier alpha value is -1.37. The molecule has 1 aromatic rings. The van der Waals surface area contributed by atoms with Crippen LogP contribution in [0.25, 0.3) is 0 Å². The minimum Gasteiger partial charge on any atom is -0.268 e. The Bertz CT molecular complexity index is 303. The fourth-order valence-corrected chi connectivity index (χ4v) is 0.893. The van der Waals surface area contributed by atoms with Crippen LogP contribution in [0.2, 0.25) is 0 Å². The van der Waals surface area contributed by atoms with Crippen LogP contribution in [0, 0.1) is 11.3 Å². The standard InChI is InChI=1S/C8H10FN3/c1-8(2,9)6-12-5-7(3-10)4-11-12/h4-5H,6H2,1-2H3. The van der Waals surface area contributed by atoms with Crippen molar-refractivity contribution in [3.05, 3.63) is 18.0 Å². The summed E-state index contributed by atoms with van der Waals surface area (Å²) in [6.45, 7) is 3.12. The first-order valence-corrected chi connectivity index (χ1v) is 3.63. The van der Waals surface area contributed by atoms with E-state index in [4.69, 9.17) is 5.26 Å². The summed E-state index contributed by atoms with van der Waals surface area (Å²) >= 11 is 0. The van der Waals surface area contributed by atoms with Crippen LogP contribution in [0.4, 0.5) is 4.39 Å². The van der Waals surface area contributed by atoms with Crippen LogP contribution < -0.4 is 0 Å². The average molecular weight is 167 g/mol. The van der Waals surface area contributed by atoms with Crippen LogP contribution in [0.15, 0.2) is 12.4 Å². The van der Waals surface area contributed by atoms with E-state index in [2.05, 4.69) is 5.10 Å². The molecule has 12 heavy (non-hydrogen) atoms. The van der Waals surface area contributed by atoms with Crippen molar-refractivity contribution < 1.29 is 4.39 Å². The van der Waals surface area contributed by atoms with Crippen LogP contribution in [0.3, 0.4) is 0 Å². The van der Waals surface area contributed by atoms with Crippen molar-refractivity contribution in [2.75, 3.05) is 0 Å². The molecule has 1 heterocycles. The largest absolute Gasteiger partial charge is 0.268 e. The number of aromatic nitrogens is 2. The predicted molar refractivity (Wildman–Crippen MR) is 42.1 cm³/mol. The molecule has 0 N–H and O–H groups in total. The van der Waals surface area contributed by atoms with Crippen molar-refractivity contribution in [1.29, 1.82) is 5.26 Å². The van der Waals surface area contributed by atoms with Gasteiger partial charge in [0.1, 0.15) is 11.7 Å². The first-order chi connectivity index (χ1) is 5.51. The van der Waals surface area contributed by atoms with Gasteiger partial charge in [0, 0.05) is 6.20 Å². The summed E-state index contributed by atoms with van der Waals surface area (Å²) in [5, 5.41) is 12.3. The van der Waals surface area contributed by atoms with E-state index in [0.29, 0.717) is 5.56 Å². The first kappa shape index (κ1) is 8.72. The molecule has 0 bridgehead atoms. The second kappa shape index (κ2) is 2.94. The molecule has 1 rings (SSSR count). The second-order valence-electron chi connectivity index (χ2n) is 3.26. The monoisotopic (exact) mass is 167 g/mol. The van der Waals surface area contributed by atoms with Gasteiger partial charge in [0.05, 0.1) is 18.3 Å². The molecule has 3 nitrogen and oxygen atoms in total. The number of alkyl halides is 1. The van der Waals surface area contributed by atoms with Crippen molar-refractivity contribution in [3.8, 4) is 6.07 Å². The maximum Gasteiger partial charge on any atom is 0.124 e. The molecule has 4 heteroatoms. The minimum absolute atomic E-state index is 0.175. The van der Waals surface area contributed by atoms with Gasteiger partial charge in [-0.1, -0.05) is 0 Å². The zero-order valence-electron chi connectivity index (χ0n) is 7.08. The number of hydrogen-bond donors (Lipinski definition) is 0. The third kappa shape index (κ3) is 2.35. The average Bonchev–Trinajstić information content (AvgIpc) is 2.32. The van der Waals surface area contributed by atoms with E-state index in [0.717, 1.165) is 0 Å². The van der Waals surface area contributed by atoms with E-state index in [-0.39, 0.29) is 6.54 Å². The molecule has 0 aliphatic heterocycles. The van der Waals surface area contributed by atoms with Crippen molar-refractivity contribution in [2.24, 2.45) is 0 Å². The van der Waals surface area contributed by atoms with Gasteiger partial charge in [0.25, 0.3) is 0 Å². The summed E-state index contributed by atoms with van der Waals surface area (Å²) in [4.78, 5) is 0. The van der Waals surface area contributed by atoms with E-state index >= 15 is 0 Å². The highest BCUT2D eigenvalue weighted by Gasteiger charge is 2.16. The number of hydrogen-bond acceptors (Lipinski definition) is 2.